The third-order valence-corrected chi connectivity index (χ3v) is 2.34. The summed E-state index contributed by atoms with van der Waals surface area (Å²) in [5.74, 6) is -0.896. The second-order valence-corrected chi connectivity index (χ2v) is 3.67. The average molecular weight is 202 g/mol. The SMILES string of the molecule is CC(=O)C1(O)CCCCC1.CC(=O)O. The number of Topliss-reactive ketones (excluding diaryl/α,β-unsaturated/α-hetero) is 1. The molecular formula is C10H18O4. The minimum atomic E-state index is -0.960. The second-order valence-electron chi connectivity index (χ2n) is 3.67. The lowest BCUT2D eigenvalue weighted by molar-refractivity contribution is -0.138. The molecule has 1 rings (SSSR count). The van der Waals surface area contributed by atoms with E-state index >= 15 is 0 Å². The van der Waals surface area contributed by atoms with Crippen LogP contribution in [0.25, 0.3) is 0 Å². The van der Waals surface area contributed by atoms with Gasteiger partial charge in [-0.2, -0.15) is 0 Å². The maximum Gasteiger partial charge on any atom is 0.300 e. The number of ketones is 1. The predicted octanol–water partition coefficient (Wildman–Crippen LogP) is 1.36. The van der Waals surface area contributed by atoms with Gasteiger partial charge < -0.3 is 10.2 Å². The molecule has 0 unspecified atom stereocenters. The Balaban J connectivity index is 0.000000364. The minimum Gasteiger partial charge on any atom is -0.481 e. The first kappa shape index (κ1) is 13.1. The molecule has 2 N–H and O–H groups in total. The topological polar surface area (TPSA) is 74.6 Å². The lowest BCUT2D eigenvalue weighted by Gasteiger charge is -2.28. The number of rotatable bonds is 1. The molecule has 4 heteroatoms. The fraction of sp³-hybridized carbons (Fsp3) is 0.800. The van der Waals surface area contributed by atoms with Crippen LogP contribution >= 0.6 is 0 Å². The molecule has 1 aliphatic carbocycles. The van der Waals surface area contributed by atoms with Crippen molar-refractivity contribution in [2.75, 3.05) is 0 Å². The van der Waals surface area contributed by atoms with Crippen LogP contribution in [0.4, 0.5) is 0 Å². The zero-order valence-electron chi connectivity index (χ0n) is 8.75. The molecule has 0 aromatic heterocycles. The first-order valence-corrected chi connectivity index (χ1v) is 4.81. The van der Waals surface area contributed by atoms with Crippen molar-refractivity contribution in [2.45, 2.75) is 51.6 Å². The molecule has 0 atom stereocenters. The van der Waals surface area contributed by atoms with Crippen molar-refractivity contribution in [3.05, 3.63) is 0 Å². The summed E-state index contributed by atoms with van der Waals surface area (Å²) in [7, 11) is 0. The van der Waals surface area contributed by atoms with E-state index < -0.39 is 11.6 Å². The van der Waals surface area contributed by atoms with Gasteiger partial charge in [-0.05, 0) is 19.8 Å². The van der Waals surface area contributed by atoms with Crippen molar-refractivity contribution in [2.24, 2.45) is 0 Å². The van der Waals surface area contributed by atoms with E-state index in [1.54, 1.807) is 0 Å². The normalized spacial score (nSPS) is 19.1. The van der Waals surface area contributed by atoms with Gasteiger partial charge in [0.05, 0.1) is 0 Å². The molecule has 1 saturated carbocycles. The maximum absolute atomic E-state index is 10.9. The van der Waals surface area contributed by atoms with E-state index in [0.717, 1.165) is 26.2 Å². The van der Waals surface area contributed by atoms with E-state index in [4.69, 9.17) is 9.90 Å². The molecule has 14 heavy (non-hydrogen) atoms. The van der Waals surface area contributed by atoms with E-state index in [1.807, 2.05) is 0 Å². The van der Waals surface area contributed by atoms with Crippen molar-refractivity contribution in [3.8, 4) is 0 Å². The van der Waals surface area contributed by atoms with Gasteiger partial charge in [0.1, 0.15) is 5.60 Å². The first-order valence-electron chi connectivity index (χ1n) is 4.81. The van der Waals surface area contributed by atoms with Gasteiger partial charge in [-0.1, -0.05) is 19.3 Å². The van der Waals surface area contributed by atoms with Crippen LogP contribution in [-0.2, 0) is 9.59 Å². The molecule has 1 aliphatic rings. The number of carboxylic acids is 1. The number of aliphatic hydroxyl groups is 1. The quantitative estimate of drug-likeness (QED) is 0.673. The van der Waals surface area contributed by atoms with Crippen LogP contribution in [0.15, 0.2) is 0 Å². The van der Waals surface area contributed by atoms with E-state index in [1.165, 1.54) is 6.92 Å². The van der Waals surface area contributed by atoms with Gasteiger partial charge in [-0.25, -0.2) is 0 Å². The lowest BCUT2D eigenvalue weighted by atomic mass is 9.82. The summed E-state index contributed by atoms with van der Waals surface area (Å²) in [6.07, 6.45) is 4.49. The Hall–Kier alpha value is -0.900. The third-order valence-electron chi connectivity index (χ3n) is 2.34. The minimum absolute atomic E-state index is 0.0628. The Labute approximate surface area is 83.9 Å². The molecule has 0 amide bonds. The first-order chi connectivity index (χ1) is 6.38. The fourth-order valence-electron chi connectivity index (χ4n) is 1.49. The Bertz CT molecular complexity index is 200. The van der Waals surface area contributed by atoms with Crippen LogP contribution in [0, 0.1) is 0 Å². The molecule has 0 aliphatic heterocycles. The molecule has 0 saturated heterocycles. The highest BCUT2D eigenvalue weighted by molar-refractivity contribution is 5.84. The Morgan fingerprint density at radius 1 is 1.07 bits per heavy atom. The summed E-state index contributed by atoms with van der Waals surface area (Å²) in [6, 6.07) is 0. The van der Waals surface area contributed by atoms with Gasteiger partial charge in [-0.15, -0.1) is 0 Å². The zero-order chi connectivity index (χ0) is 11.2. The average Bonchev–Trinajstić information content (AvgIpc) is 2.04. The van der Waals surface area contributed by atoms with Crippen molar-refractivity contribution in [1.29, 1.82) is 0 Å². The van der Waals surface area contributed by atoms with Crippen molar-refractivity contribution >= 4 is 11.8 Å². The standard InChI is InChI=1S/C8H14O2.C2H4O2/c1-7(9)8(10)5-3-2-4-6-8;1-2(3)4/h10H,2-6H2,1H3;1H3,(H,3,4). The van der Waals surface area contributed by atoms with Crippen molar-refractivity contribution in [3.63, 3.8) is 0 Å². The molecule has 0 heterocycles. The summed E-state index contributed by atoms with van der Waals surface area (Å²) in [5, 5.41) is 17.0. The Kier molecular flexibility index (Phi) is 5.38. The van der Waals surface area contributed by atoms with Gasteiger partial charge in [0.2, 0.25) is 0 Å². The molecular weight excluding hydrogens is 184 g/mol. The molecule has 4 nitrogen and oxygen atoms in total. The maximum atomic E-state index is 10.9. The van der Waals surface area contributed by atoms with Crippen LogP contribution < -0.4 is 0 Å². The van der Waals surface area contributed by atoms with Crippen LogP contribution in [0.2, 0.25) is 0 Å². The molecule has 0 aromatic rings. The summed E-state index contributed by atoms with van der Waals surface area (Å²) in [6.45, 7) is 2.56. The van der Waals surface area contributed by atoms with Gasteiger partial charge in [0.15, 0.2) is 5.78 Å². The van der Waals surface area contributed by atoms with Crippen LogP contribution in [0.5, 0.6) is 0 Å². The zero-order valence-corrected chi connectivity index (χ0v) is 8.75. The van der Waals surface area contributed by atoms with Crippen molar-refractivity contribution in [1.82, 2.24) is 0 Å². The van der Waals surface area contributed by atoms with Gasteiger partial charge >= 0.3 is 0 Å². The smallest absolute Gasteiger partial charge is 0.300 e. The summed E-state index contributed by atoms with van der Waals surface area (Å²) in [5.41, 5.74) is -0.960. The number of hydrogen-bond acceptors (Lipinski definition) is 3. The van der Waals surface area contributed by atoms with E-state index in [-0.39, 0.29) is 5.78 Å². The van der Waals surface area contributed by atoms with Gasteiger partial charge in [-0.3, -0.25) is 9.59 Å². The lowest BCUT2D eigenvalue weighted by Crippen LogP contribution is -2.38. The van der Waals surface area contributed by atoms with Gasteiger partial charge in [0, 0.05) is 6.92 Å². The summed E-state index contributed by atoms with van der Waals surface area (Å²) in [4.78, 5) is 19.9. The molecule has 0 bridgehead atoms. The Morgan fingerprint density at radius 3 is 1.64 bits per heavy atom. The van der Waals surface area contributed by atoms with Crippen LogP contribution in [0.3, 0.4) is 0 Å². The summed E-state index contributed by atoms with van der Waals surface area (Å²) < 4.78 is 0. The predicted molar refractivity (Wildman–Crippen MR) is 52.0 cm³/mol. The molecule has 0 aromatic carbocycles. The third kappa shape index (κ3) is 4.97. The highest BCUT2D eigenvalue weighted by atomic mass is 16.4. The number of carbonyl (C=O) groups is 2. The molecule has 82 valence electrons. The Morgan fingerprint density at radius 2 is 1.43 bits per heavy atom. The monoisotopic (exact) mass is 202 g/mol. The largest absolute Gasteiger partial charge is 0.481 e. The number of aliphatic carboxylic acids is 1. The number of carbonyl (C=O) groups excluding carboxylic acids is 1. The van der Waals surface area contributed by atoms with E-state index in [2.05, 4.69) is 0 Å². The fourth-order valence-corrected chi connectivity index (χ4v) is 1.49. The highest BCUT2D eigenvalue weighted by Crippen LogP contribution is 2.28. The second kappa shape index (κ2) is 5.75. The summed E-state index contributed by atoms with van der Waals surface area (Å²) >= 11 is 0. The van der Waals surface area contributed by atoms with Crippen molar-refractivity contribution < 1.29 is 19.8 Å². The van der Waals surface area contributed by atoms with E-state index in [9.17, 15) is 9.90 Å². The van der Waals surface area contributed by atoms with E-state index in [0.29, 0.717) is 12.8 Å². The molecule has 1 fully saturated rings. The van der Waals surface area contributed by atoms with Crippen LogP contribution in [-0.4, -0.2) is 27.6 Å². The number of hydrogen-bond donors (Lipinski definition) is 2. The molecule has 0 spiro atoms. The highest BCUT2D eigenvalue weighted by Gasteiger charge is 2.33. The molecule has 0 radical (unpaired) electrons. The van der Waals surface area contributed by atoms with Crippen LogP contribution in [0.1, 0.15) is 46.0 Å². The van der Waals surface area contributed by atoms with Gasteiger partial charge in [0.25, 0.3) is 5.97 Å². The number of carboxylic acid groups (broad SMARTS) is 1.